The first-order valence-electron chi connectivity index (χ1n) is 4.97. The monoisotopic (exact) mass is 289 g/mol. The van der Waals surface area contributed by atoms with Crippen LogP contribution < -0.4 is 0 Å². The van der Waals surface area contributed by atoms with E-state index in [1.54, 1.807) is 13.8 Å². The average Bonchev–Trinajstić information content (AvgIpc) is 2.57. The second-order valence-electron chi connectivity index (χ2n) is 3.72. The molecule has 0 atom stereocenters. The van der Waals surface area contributed by atoms with Crippen molar-refractivity contribution in [1.29, 1.82) is 0 Å². The summed E-state index contributed by atoms with van der Waals surface area (Å²) >= 11 is 0. The number of aromatic nitrogens is 1. The Kier molecular flexibility index (Phi) is 3.16. The Morgan fingerprint density at radius 1 is 1.33 bits per heavy atom. The molecular weight excluding hydrogens is 281 g/mol. The SMILES string of the molecule is Cc1nc(-c2ccc(F)c(S(=O)(=O)Cl)c2)c(C)o1. The Balaban J connectivity index is 2.65. The lowest BCUT2D eigenvalue weighted by molar-refractivity contribution is 0.494. The van der Waals surface area contributed by atoms with Gasteiger partial charge in [-0.25, -0.2) is 17.8 Å². The predicted molar refractivity (Wildman–Crippen MR) is 64.4 cm³/mol. The Morgan fingerprint density at radius 3 is 2.50 bits per heavy atom. The number of halogens is 2. The minimum atomic E-state index is -4.13. The molecule has 0 N–H and O–H groups in total. The second-order valence-corrected chi connectivity index (χ2v) is 6.26. The van der Waals surface area contributed by atoms with Gasteiger partial charge in [-0.3, -0.25) is 0 Å². The molecule has 18 heavy (non-hydrogen) atoms. The van der Waals surface area contributed by atoms with E-state index in [9.17, 15) is 12.8 Å². The van der Waals surface area contributed by atoms with E-state index in [1.165, 1.54) is 6.07 Å². The fourth-order valence-corrected chi connectivity index (χ4v) is 2.56. The third-order valence-electron chi connectivity index (χ3n) is 2.37. The van der Waals surface area contributed by atoms with Gasteiger partial charge < -0.3 is 4.42 Å². The predicted octanol–water partition coefficient (Wildman–Crippen LogP) is 3.03. The summed E-state index contributed by atoms with van der Waals surface area (Å²) < 4.78 is 41.0. The van der Waals surface area contributed by atoms with Crippen molar-refractivity contribution in [3.8, 4) is 11.3 Å². The maximum absolute atomic E-state index is 13.4. The van der Waals surface area contributed by atoms with Gasteiger partial charge in [0.1, 0.15) is 22.2 Å². The van der Waals surface area contributed by atoms with Crippen molar-refractivity contribution >= 4 is 19.7 Å². The molecule has 7 heteroatoms. The number of benzene rings is 1. The third-order valence-corrected chi connectivity index (χ3v) is 3.71. The zero-order valence-corrected chi connectivity index (χ0v) is 11.1. The average molecular weight is 290 g/mol. The number of hydrogen-bond donors (Lipinski definition) is 0. The first-order chi connectivity index (χ1) is 8.29. The van der Waals surface area contributed by atoms with Crippen molar-refractivity contribution in [3.05, 3.63) is 35.7 Å². The molecule has 96 valence electrons. The maximum atomic E-state index is 13.4. The van der Waals surface area contributed by atoms with Gasteiger partial charge in [0, 0.05) is 23.2 Å². The van der Waals surface area contributed by atoms with Crippen molar-refractivity contribution < 1.29 is 17.2 Å². The van der Waals surface area contributed by atoms with Crippen LogP contribution in [0.15, 0.2) is 27.5 Å². The van der Waals surface area contributed by atoms with Crippen LogP contribution in [-0.2, 0) is 9.05 Å². The van der Waals surface area contributed by atoms with Gasteiger partial charge >= 0.3 is 0 Å². The standard InChI is InChI=1S/C11H9ClFNO3S/c1-6-11(14-7(2)17-6)8-3-4-9(13)10(5-8)18(12,15)16/h3-5H,1-2H3. The number of hydrogen-bond acceptors (Lipinski definition) is 4. The molecule has 0 aliphatic carbocycles. The lowest BCUT2D eigenvalue weighted by atomic mass is 10.1. The molecular formula is C11H9ClFNO3S. The molecule has 4 nitrogen and oxygen atoms in total. The van der Waals surface area contributed by atoms with E-state index < -0.39 is 19.8 Å². The van der Waals surface area contributed by atoms with E-state index in [0.717, 1.165) is 12.1 Å². The molecule has 0 fully saturated rings. The smallest absolute Gasteiger partial charge is 0.264 e. The summed E-state index contributed by atoms with van der Waals surface area (Å²) in [6.07, 6.45) is 0. The van der Waals surface area contributed by atoms with Crippen LogP contribution in [0, 0.1) is 19.7 Å². The highest BCUT2D eigenvalue weighted by atomic mass is 35.7. The number of nitrogens with zero attached hydrogens (tertiary/aromatic N) is 1. The second kappa shape index (κ2) is 4.37. The highest BCUT2D eigenvalue weighted by molar-refractivity contribution is 8.13. The van der Waals surface area contributed by atoms with Crippen LogP contribution >= 0.6 is 10.7 Å². The van der Waals surface area contributed by atoms with Crippen LogP contribution in [-0.4, -0.2) is 13.4 Å². The quantitative estimate of drug-likeness (QED) is 0.797. The number of oxazole rings is 1. The van der Waals surface area contributed by atoms with E-state index in [-0.39, 0.29) is 0 Å². The summed E-state index contributed by atoms with van der Waals surface area (Å²) in [6, 6.07) is 3.60. The van der Waals surface area contributed by atoms with Gasteiger partial charge in [-0.05, 0) is 25.1 Å². The third kappa shape index (κ3) is 2.39. The molecule has 0 aliphatic rings. The summed E-state index contributed by atoms with van der Waals surface area (Å²) in [5.74, 6) is 0.0748. The van der Waals surface area contributed by atoms with E-state index in [1.807, 2.05) is 0 Å². The Hall–Kier alpha value is -1.40. The van der Waals surface area contributed by atoms with Crippen molar-refractivity contribution in [2.75, 3.05) is 0 Å². The van der Waals surface area contributed by atoms with Gasteiger partial charge in [-0.2, -0.15) is 0 Å². The molecule has 0 saturated carbocycles. The Bertz CT molecular complexity index is 709. The zero-order chi connectivity index (χ0) is 13.5. The summed E-state index contributed by atoms with van der Waals surface area (Å²) in [5, 5.41) is 0. The lowest BCUT2D eigenvalue weighted by Crippen LogP contribution is -1.96. The van der Waals surface area contributed by atoms with Crippen molar-refractivity contribution in [2.24, 2.45) is 0 Å². The van der Waals surface area contributed by atoms with Gasteiger partial charge in [0.25, 0.3) is 9.05 Å². The molecule has 2 rings (SSSR count). The zero-order valence-electron chi connectivity index (χ0n) is 9.57. The minimum Gasteiger partial charge on any atom is -0.446 e. The Labute approximate surface area is 108 Å². The van der Waals surface area contributed by atoms with Gasteiger partial charge in [0.2, 0.25) is 0 Å². The van der Waals surface area contributed by atoms with Gasteiger partial charge in [0.15, 0.2) is 5.89 Å². The largest absolute Gasteiger partial charge is 0.446 e. The maximum Gasteiger partial charge on any atom is 0.264 e. The van der Waals surface area contributed by atoms with Crippen LogP contribution in [0.1, 0.15) is 11.7 Å². The first-order valence-corrected chi connectivity index (χ1v) is 7.28. The van der Waals surface area contributed by atoms with Crippen LogP contribution in [0.2, 0.25) is 0 Å². The van der Waals surface area contributed by atoms with Gasteiger partial charge in [-0.15, -0.1) is 0 Å². The molecule has 0 unspecified atom stereocenters. The fourth-order valence-electron chi connectivity index (χ4n) is 1.63. The normalized spacial score (nSPS) is 11.8. The molecule has 0 saturated heterocycles. The van der Waals surface area contributed by atoms with Crippen LogP contribution in [0.4, 0.5) is 4.39 Å². The summed E-state index contributed by atoms with van der Waals surface area (Å²) in [5.41, 5.74) is 0.902. The summed E-state index contributed by atoms with van der Waals surface area (Å²) in [6.45, 7) is 3.35. The summed E-state index contributed by atoms with van der Waals surface area (Å²) in [7, 11) is 1.03. The highest BCUT2D eigenvalue weighted by Crippen LogP contribution is 2.28. The van der Waals surface area contributed by atoms with Crippen molar-refractivity contribution in [1.82, 2.24) is 4.98 Å². The van der Waals surface area contributed by atoms with E-state index in [0.29, 0.717) is 22.9 Å². The van der Waals surface area contributed by atoms with Crippen LogP contribution in [0.25, 0.3) is 11.3 Å². The molecule has 0 spiro atoms. The van der Waals surface area contributed by atoms with E-state index in [4.69, 9.17) is 15.1 Å². The van der Waals surface area contributed by atoms with Crippen molar-refractivity contribution in [2.45, 2.75) is 18.7 Å². The molecule has 0 radical (unpaired) electrons. The van der Waals surface area contributed by atoms with Crippen molar-refractivity contribution in [3.63, 3.8) is 0 Å². The number of aryl methyl sites for hydroxylation is 2. The van der Waals surface area contributed by atoms with E-state index >= 15 is 0 Å². The summed E-state index contributed by atoms with van der Waals surface area (Å²) in [4.78, 5) is 3.54. The van der Waals surface area contributed by atoms with E-state index in [2.05, 4.69) is 4.98 Å². The first kappa shape index (κ1) is 13.0. The van der Waals surface area contributed by atoms with Crippen LogP contribution in [0.5, 0.6) is 0 Å². The van der Waals surface area contributed by atoms with Gasteiger partial charge in [0.05, 0.1) is 0 Å². The minimum absolute atomic E-state index is 0.435. The van der Waals surface area contributed by atoms with Gasteiger partial charge in [-0.1, -0.05) is 0 Å². The Morgan fingerprint density at radius 2 is 2.00 bits per heavy atom. The molecule has 2 aromatic rings. The molecule has 0 bridgehead atoms. The topological polar surface area (TPSA) is 60.2 Å². The molecule has 1 aromatic carbocycles. The molecule has 0 aliphatic heterocycles. The number of rotatable bonds is 2. The molecule has 1 heterocycles. The highest BCUT2D eigenvalue weighted by Gasteiger charge is 2.19. The molecule has 0 amide bonds. The molecule has 1 aromatic heterocycles. The lowest BCUT2D eigenvalue weighted by Gasteiger charge is -2.02. The fraction of sp³-hybridized carbons (Fsp3) is 0.182. The van der Waals surface area contributed by atoms with Crippen LogP contribution in [0.3, 0.4) is 0 Å².